The van der Waals surface area contributed by atoms with Crippen LogP contribution < -0.4 is 0 Å². The van der Waals surface area contributed by atoms with E-state index >= 15 is 0 Å². The third-order valence-corrected chi connectivity index (χ3v) is 2.66. The van der Waals surface area contributed by atoms with Crippen molar-refractivity contribution >= 4 is 0 Å². The summed E-state index contributed by atoms with van der Waals surface area (Å²) in [6.45, 7) is 4.15. The van der Waals surface area contributed by atoms with E-state index in [1.807, 2.05) is 12.3 Å². The molecule has 0 N–H and O–H groups in total. The van der Waals surface area contributed by atoms with Gasteiger partial charge in [-0.3, -0.25) is 0 Å². The quantitative estimate of drug-likeness (QED) is 0.781. The first-order valence-electron chi connectivity index (χ1n) is 5.65. The molecule has 0 aliphatic carbocycles. The van der Waals surface area contributed by atoms with Crippen LogP contribution in [0.2, 0.25) is 0 Å². The van der Waals surface area contributed by atoms with Crippen molar-refractivity contribution in [2.75, 3.05) is 0 Å². The molecule has 0 aliphatic heterocycles. The zero-order valence-corrected chi connectivity index (χ0v) is 9.77. The third kappa shape index (κ3) is 2.45. The molecule has 0 saturated heterocycles. The van der Waals surface area contributed by atoms with Crippen molar-refractivity contribution in [3.63, 3.8) is 0 Å². The fraction of sp³-hybridized carbons (Fsp3) is 0.286. The molecule has 2 heteroatoms. The van der Waals surface area contributed by atoms with Crippen molar-refractivity contribution in [2.45, 2.75) is 26.7 Å². The van der Waals surface area contributed by atoms with Gasteiger partial charge in [-0.1, -0.05) is 37.3 Å². The monoisotopic (exact) mass is 212 g/mol. The van der Waals surface area contributed by atoms with Gasteiger partial charge in [-0.15, -0.1) is 0 Å². The Kier molecular flexibility index (Phi) is 3.30. The van der Waals surface area contributed by atoms with Gasteiger partial charge in [-0.05, 0) is 18.1 Å². The summed E-state index contributed by atoms with van der Waals surface area (Å²) >= 11 is 0. The second kappa shape index (κ2) is 4.88. The number of hydrogen-bond acceptors (Lipinski definition) is 2. The van der Waals surface area contributed by atoms with Crippen molar-refractivity contribution < 1.29 is 0 Å². The van der Waals surface area contributed by atoms with Crippen LogP contribution in [0, 0.1) is 6.92 Å². The van der Waals surface area contributed by atoms with Crippen LogP contribution in [0.15, 0.2) is 36.5 Å². The average Bonchev–Trinajstić information content (AvgIpc) is 2.33. The zero-order chi connectivity index (χ0) is 11.4. The van der Waals surface area contributed by atoms with Crippen LogP contribution in [-0.2, 0) is 12.8 Å². The lowest BCUT2D eigenvalue weighted by atomic mass is 10.1. The fourth-order valence-electron chi connectivity index (χ4n) is 1.66. The number of rotatable bonds is 3. The van der Waals surface area contributed by atoms with Crippen LogP contribution in [0.3, 0.4) is 0 Å². The maximum atomic E-state index is 4.57. The highest BCUT2D eigenvalue weighted by Crippen LogP contribution is 2.11. The van der Waals surface area contributed by atoms with Crippen LogP contribution in [0.5, 0.6) is 0 Å². The Hall–Kier alpha value is -1.70. The summed E-state index contributed by atoms with van der Waals surface area (Å²) in [7, 11) is 0. The fourth-order valence-corrected chi connectivity index (χ4v) is 1.66. The van der Waals surface area contributed by atoms with Crippen molar-refractivity contribution in [1.82, 2.24) is 9.97 Å². The lowest BCUT2D eigenvalue weighted by Crippen LogP contribution is -2.01. The third-order valence-electron chi connectivity index (χ3n) is 2.66. The van der Waals surface area contributed by atoms with E-state index in [0.717, 1.165) is 24.4 Å². The van der Waals surface area contributed by atoms with Gasteiger partial charge < -0.3 is 0 Å². The van der Waals surface area contributed by atoms with Gasteiger partial charge >= 0.3 is 0 Å². The van der Waals surface area contributed by atoms with Gasteiger partial charge in [0, 0.05) is 19.0 Å². The van der Waals surface area contributed by atoms with E-state index in [1.165, 1.54) is 11.1 Å². The zero-order valence-electron chi connectivity index (χ0n) is 9.77. The molecule has 0 bridgehead atoms. The molecular weight excluding hydrogens is 196 g/mol. The second-order valence-electron chi connectivity index (χ2n) is 3.93. The van der Waals surface area contributed by atoms with Gasteiger partial charge in [0.15, 0.2) is 0 Å². The first-order valence-corrected chi connectivity index (χ1v) is 5.65. The molecule has 0 saturated carbocycles. The van der Waals surface area contributed by atoms with Crippen molar-refractivity contribution in [3.05, 3.63) is 59.2 Å². The molecule has 2 rings (SSSR count). The molecule has 0 aliphatic rings. The molecule has 0 spiro atoms. The van der Waals surface area contributed by atoms with Gasteiger partial charge in [-0.25, -0.2) is 9.97 Å². The molecule has 2 nitrogen and oxygen atoms in total. The van der Waals surface area contributed by atoms with Gasteiger partial charge in [0.05, 0.1) is 5.69 Å². The Bertz CT molecular complexity index is 463. The first kappa shape index (κ1) is 10.8. The molecule has 2 aromatic rings. The van der Waals surface area contributed by atoms with Crippen LogP contribution in [-0.4, -0.2) is 9.97 Å². The molecule has 0 amide bonds. The number of aryl methyl sites for hydroxylation is 2. The van der Waals surface area contributed by atoms with E-state index in [2.05, 4.69) is 48.1 Å². The highest BCUT2D eigenvalue weighted by Gasteiger charge is 2.03. The molecule has 16 heavy (non-hydrogen) atoms. The van der Waals surface area contributed by atoms with Gasteiger partial charge in [0.1, 0.15) is 5.82 Å². The molecule has 0 fully saturated rings. The van der Waals surface area contributed by atoms with Crippen LogP contribution in [0.1, 0.15) is 29.6 Å². The van der Waals surface area contributed by atoms with E-state index in [0.29, 0.717) is 0 Å². The van der Waals surface area contributed by atoms with Crippen molar-refractivity contribution in [1.29, 1.82) is 0 Å². The molecule has 0 radical (unpaired) electrons. The number of aromatic nitrogens is 2. The summed E-state index contributed by atoms with van der Waals surface area (Å²) in [5, 5.41) is 0. The van der Waals surface area contributed by atoms with E-state index in [9.17, 15) is 0 Å². The summed E-state index contributed by atoms with van der Waals surface area (Å²) in [6, 6.07) is 10.4. The molecular formula is C14H16N2. The Morgan fingerprint density at radius 2 is 1.88 bits per heavy atom. The summed E-state index contributed by atoms with van der Waals surface area (Å²) in [4.78, 5) is 8.86. The smallest absolute Gasteiger partial charge is 0.128 e. The topological polar surface area (TPSA) is 25.8 Å². The van der Waals surface area contributed by atoms with Crippen molar-refractivity contribution in [2.24, 2.45) is 0 Å². The molecule has 1 heterocycles. The normalized spacial score (nSPS) is 10.4. The Morgan fingerprint density at radius 3 is 2.56 bits per heavy atom. The maximum absolute atomic E-state index is 4.57. The minimum absolute atomic E-state index is 0.891. The van der Waals surface area contributed by atoms with Crippen LogP contribution in [0.25, 0.3) is 0 Å². The predicted octanol–water partition coefficient (Wildman–Crippen LogP) is 2.94. The molecule has 0 unspecified atom stereocenters. The Morgan fingerprint density at radius 1 is 1.12 bits per heavy atom. The number of nitrogens with zero attached hydrogens (tertiary/aromatic N) is 2. The van der Waals surface area contributed by atoms with Crippen molar-refractivity contribution in [3.8, 4) is 0 Å². The number of hydrogen-bond donors (Lipinski definition) is 0. The van der Waals surface area contributed by atoms with Gasteiger partial charge in [0.25, 0.3) is 0 Å². The number of benzene rings is 1. The summed E-state index contributed by atoms with van der Waals surface area (Å²) in [6.07, 6.45) is 3.70. The lowest BCUT2D eigenvalue weighted by Gasteiger charge is -2.06. The highest BCUT2D eigenvalue weighted by atomic mass is 14.9. The minimum Gasteiger partial charge on any atom is -0.241 e. The van der Waals surface area contributed by atoms with Gasteiger partial charge in [-0.2, -0.15) is 0 Å². The van der Waals surface area contributed by atoms with E-state index < -0.39 is 0 Å². The predicted molar refractivity (Wildman–Crippen MR) is 65.4 cm³/mol. The molecule has 82 valence electrons. The molecule has 1 aromatic carbocycles. The van der Waals surface area contributed by atoms with E-state index in [4.69, 9.17) is 0 Å². The van der Waals surface area contributed by atoms with Crippen LogP contribution >= 0.6 is 0 Å². The largest absolute Gasteiger partial charge is 0.241 e. The minimum atomic E-state index is 0.891. The van der Waals surface area contributed by atoms with Gasteiger partial charge in [0.2, 0.25) is 0 Å². The molecule has 0 atom stereocenters. The molecule has 1 aromatic heterocycles. The Balaban J connectivity index is 2.27. The first-order chi connectivity index (χ1) is 7.79. The van der Waals surface area contributed by atoms with E-state index in [-0.39, 0.29) is 0 Å². The standard InChI is InChI=1S/C14H16N2/c1-3-14-15-10-11(2)13(16-14)9-12-7-5-4-6-8-12/h4-8,10H,3,9H2,1-2H3. The highest BCUT2D eigenvalue weighted by molar-refractivity contribution is 5.25. The Labute approximate surface area is 96.4 Å². The summed E-state index contributed by atoms with van der Waals surface area (Å²) in [5.41, 5.74) is 3.60. The lowest BCUT2D eigenvalue weighted by molar-refractivity contribution is 0.882. The van der Waals surface area contributed by atoms with E-state index in [1.54, 1.807) is 0 Å². The summed E-state index contributed by atoms with van der Waals surface area (Å²) in [5.74, 6) is 0.927. The second-order valence-corrected chi connectivity index (χ2v) is 3.93. The average molecular weight is 212 g/mol. The van der Waals surface area contributed by atoms with Crippen LogP contribution in [0.4, 0.5) is 0 Å². The SMILES string of the molecule is CCc1ncc(C)c(Cc2ccccc2)n1. The summed E-state index contributed by atoms with van der Waals surface area (Å²) < 4.78 is 0. The maximum Gasteiger partial charge on any atom is 0.128 e.